The van der Waals surface area contributed by atoms with Crippen LogP contribution in [-0.2, 0) is 9.59 Å². The van der Waals surface area contributed by atoms with Crippen LogP contribution in [0.5, 0.6) is 11.5 Å². The first-order chi connectivity index (χ1) is 15.5. The highest BCUT2D eigenvalue weighted by Crippen LogP contribution is 2.32. The molecule has 0 bridgehead atoms. The van der Waals surface area contributed by atoms with Crippen LogP contribution in [-0.4, -0.2) is 25.0 Å². The zero-order valence-electron chi connectivity index (χ0n) is 16.7. The number of benzene rings is 3. The molecule has 0 saturated heterocycles. The van der Waals surface area contributed by atoms with Gasteiger partial charge in [-0.1, -0.05) is 53.5 Å². The Balaban J connectivity index is 1.68. The van der Waals surface area contributed by atoms with Gasteiger partial charge in [0, 0.05) is 0 Å². The van der Waals surface area contributed by atoms with Crippen LogP contribution in [0.2, 0.25) is 10.0 Å². The minimum atomic E-state index is -0.627. The van der Waals surface area contributed by atoms with Gasteiger partial charge < -0.3 is 20.1 Å². The third-order valence-electron chi connectivity index (χ3n) is 4.61. The maximum absolute atomic E-state index is 13.1. The molecule has 0 spiro atoms. The number of halogens is 2. The highest BCUT2D eigenvalue weighted by molar-refractivity contribution is 6.36. The molecule has 2 N–H and O–H groups in total. The summed E-state index contributed by atoms with van der Waals surface area (Å²) in [6.07, 6.45) is 1.47. The molecule has 0 saturated carbocycles. The summed E-state index contributed by atoms with van der Waals surface area (Å²) in [5, 5.41) is 6.08. The Hall–Kier alpha value is -3.48. The minimum Gasteiger partial charge on any atom is -0.486 e. The van der Waals surface area contributed by atoms with Gasteiger partial charge in [0.05, 0.1) is 21.4 Å². The van der Waals surface area contributed by atoms with Crippen LogP contribution in [0, 0.1) is 0 Å². The van der Waals surface area contributed by atoms with Gasteiger partial charge in [-0.2, -0.15) is 0 Å². The molecule has 0 unspecified atom stereocenters. The SMILES string of the molecule is O=C(Nc1ccccc1Cl)C(=Cc1ccc2c(c1)OCCO2)C(=O)Nc1ccccc1Cl. The minimum absolute atomic E-state index is 0.137. The average molecular weight is 469 g/mol. The molecular formula is C24H18Cl2N2O4. The van der Waals surface area contributed by atoms with Crippen molar-refractivity contribution in [3.63, 3.8) is 0 Å². The molecule has 162 valence electrons. The standard InChI is InChI=1S/C24H18Cl2N2O4/c25-17-5-1-3-7-19(17)27-23(29)16(24(30)28-20-8-4-2-6-18(20)26)13-15-9-10-21-22(14-15)32-12-11-31-21/h1-10,13-14H,11-12H2,(H,27,29)(H,28,30). The van der Waals surface area contributed by atoms with Gasteiger partial charge in [0.2, 0.25) is 0 Å². The van der Waals surface area contributed by atoms with E-state index < -0.39 is 11.8 Å². The number of para-hydroxylation sites is 2. The quantitative estimate of drug-likeness (QED) is 0.297. The van der Waals surface area contributed by atoms with E-state index >= 15 is 0 Å². The van der Waals surface area contributed by atoms with Crippen molar-refractivity contribution in [2.24, 2.45) is 0 Å². The summed E-state index contributed by atoms with van der Waals surface area (Å²) in [6.45, 7) is 0.890. The molecule has 0 radical (unpaired) electrons. The zero-order chi connectivity index (χ0) is 22.5. The Morgan fingerprint density at radius 3 is 1.84 bits per heavy atom. The van der Waals surface area contributed by atoms with Crippen molar-refractivity contribution in [2.45, 2.75) is 0 Å². The van der Waals surface area contributed by atoms with Crippen LogP contribution in [0.15, 0.2) is 72.3 Å². The highest BCUT2D eigenvalue weighted by Gasteiger charge is 2.21. The first kappa shape index (κ1) is 21.7. The fourth-order valence-electron chi connectivity index (χ4n) is 3.06. The van der Waals surface area contributed by atoms with E-state index in [9.17, 15) is 9.59 Å². The number of rotatable bonds is 5. The molecule has 0 aliphatic carbocycles. The first-order valence-corrected chi connectivity index (χ1v) is 10.5. The lowest BCUT2D eigenvalue weighted by Crippen LogP contribution is -2.25. The Morgan fingerprint density at radius 2 is 1.28 bits per heavy atom. The molecule has 3 aromatic rings. The number of nitrogens with one attached hydrogen (secondary N) is 2. The number of anilines is 2. The molecule has 1 aliphatic heterocycles. The van der Waals surface area contributed by atoms with E-state index in [1.165, 1.54) is 6.08 Å². The predicted molar refractivity (Wildman–Crippen MR) is 126 cm³/mol. The molecule has 8 heteroatoms. The van der Waals surface area contributed by atoms with Gasteiger partial charge in [0.15, 0.2) is 11.5 Å². The van der Waals surface area contributed by atoms with Crippen LogP contribution < -0.4 is 20.1 Å². The van der Waals surface area contributed by atoms with Gasteiger partial charge in [-0.3, -0.25) is 9.59 Å². The number of amides is 2. The zero-order valence-corrected chi connectivity index (χ0v) is 18.2. The lowest BCUT2D eigenvalue weighted by Gasteiger charge is -2.18. The van der Waals surface area contributed by atoms with Crippen molar-refractivity contribution < 1.29 is 19.1 Å². The van der Waals surface area contributed by atoms with Gasteiger partial charge in [0.25, 0.3) is 11.8 Å². The summed E-state index contributed by atoms with van der Waals surface area (Å²) in [5.74, 6) is -0.103. The number of fused-ring (bicyclic) bond motifs is 1. The number of hydrogen-bond acceptors (Lipinski definition) is 4. The van der Waals surface area contributed by atoms with Crippen LogP contribution in [0.4, 0.5) is 11.4 Å². The third kappa shape index (κ3) is 5.04. The largest absolute Gasteiger partial charge is 0.486 e. The van der Waals surface area contributed by atoms with Gasteiger partial charge in [-0.15, -0.1) is 0 Å². The monoisotopic (exact) mass is 468 g/mol. The lowest BCUT2D eigenvalue weighted by atomic mass is 10.1. The Labute approximate surface area is 194 Å². The molecule has 1 heterocycles. The van der Waals surface area contributed by atoms with E-state index in [-0.39, 0.29) is 5.57 Å². The normalized spacial score (nSPS) is 11.9. The first-order valence-electron chi connectivity index (χ1n) is 9.74. The lowest BCUT2D eigenvalue weighted by molar-refractivity contribution is -0.118. The molecule has 32 heavy (non-hydrogen) atoms. The molecule has 0 aromatic heterocycles. The van der Waals surface area contributed by atoms with Crippen molar-refractivity contribution in [2.75, 3.05) is 23.8 Å². The van der Waals surface area contributed by atoms with E-state index in [0.29, 0.717) is 51.7 Å². The number of carbonyl (C=O) groups excluding carboxylic acids is 2. The van der Waals surface area contributed by atoms with Gasteiger partial charge in [0.1, 0.15) is 18.8 Å². The van der Waals surface area contributed by atoms with E-state index in [1.807, 2.05) is 0 Å². The van der Waals surface area contributed by atoms with Crippen molar-refractivity contribution >= 4 is 52.5 Å². The molecule has 1 aliphatic rings. The topological polar surface area (TPSA) is 76.7 Å². The van der Waals surface area contributed by atoms with E-state index in [4.69, 9.17) is 32.7 Å². The summed E-state index contributed by atoms with van der Waals surface area (Å²) >= 11 is 12.3. The van der Waals surface area contributed by atoms with Crippen molar-refractivity contribution in [3.8, 4) is 11.5 Å². The maximum Gasteiger partial charge on any atom is 0.261 e. The second-order valence-electron chi connectivity index (χ2n) is 6.83. The second-order valence-corrected chi connectivity index (χ2v) is 7.64. The number of carbonyl (C=O) groups is 2. The van der Waals surface area contributed by atoms with Crippen LogP contribution >= 0.6 is 23.2 Å². The summed E-state index contributed by atoms with van der Waals surface area (Å²) in [5.41, 5.74) is 1.23. The van der Waals surface area contributed by atoms with Gasteiger partial charge in [-0.25, -0.2) is 0 Å². The fraction of sp³-hybridized carbons (Fsp3) is 0.0833. The Morgan fingerprint density at radius 1 is 0.750 bits per heavy atom. The number of hydrogen-bond donors (Lipinski definition) is 2. The summed E-state index contributed by atoms with van der Waals surface area (Å²) in [7, 11) is 0. The average Bonchev–Trinajstić information content (AvgIpc) is 2.80. The van der Waals surface area contributed by atoms with E-state index in [0.717, 1.165) is 0 Å². The Bertz CT molecular complexity index is 1150. The fourth-order valence-corrected chi connectivity index (χ4v) is 3.42. The molecule has 2 amide bonds. The molecule has 3 aromatic carbocycles. The maximum atomic E-state index is 13.1. The Kier molecular flexibility index (Phi) is 6.63. The molecular weight excluding hydrogens is 451 g/mol. The van der Waals surface area contributed by atoms with Crippen LogP contribution in [0.25, 0.3) is 6.08 Å². The van der Waals surface area contributed by atoms with Crippen molar-refractivity contribution in [1.82, 2.24) is 0 Å². The van der Waals surface area contributed by atoms with Gasteiger partial charge in [-0.05, 0) is 48.0 Å². The molecule has 4 rings (SSSR count). The van der Waals surface area contributed by atoms with Crippen LogP contribution in [0.3, 0.4) is 0 Å². The van der Waals surface area contributed by atoms with Crippen molar-refractivity contribution in [1.29, 1.82) is 0 Å². The molecule has 6 nitrogen and oxygen atoms in total. The van der Waals surface area contributed by atoms with Crippen LogP contribution in [0.1, 0.15) is 5.56 Å². The highest BCUT2D eigenvalue weighted by atomic mass is 35.5. The summed E-state index contributed by atoms with van der Waals surface area (Å²) in [4.78, 5) is 26.2. The summed E-state index contributed by atoms with van der Waals surface area (Å²) < 4.78 is 11.1. The molecule has 0 atom stereocenters. The molecule has 0 fully saturated rings. The van der Waals surface area contributed by atoms with Gasteiger partial charge >= 0.3 is 0 Å². The third-order valence-corrected chi connectivity index (χ3v) is 5.27. The second kappa shape index (κ2) is 9.77. The van der Waals surface area contributed by atoms with E-state index in [1.54, 1.807) is 66.7 Å². The predicted octanol–water partition coefficient (Wildman–Crippen LogP) is 5.43. The van der Waals surface area contributed by atoms with Crippen molar-refractivity contribution in [3.05, 3.63) is 87.9 Å². The van der Waals surface area contributed by atoms with E-state index in [2.05, 4.69) is 10.6 Å². The smallest absolute Gasteiger partial charge is 0.261 e. The number of ether oxygens (including phenoxy) is 2. The summed E-state index contributed by atoms with van der Waals surface area (Å²) in [6, 6.07) is 18.7.